The molecule has 1 amide bonds. The van der Waals surface area contributed by atoms with Crippen molar-refractivity contribution in [2.45, 2.75) is 68.4 Å². The number of halogens is 2. The van der Waals surface area contributed by atoms with Crippen molar-refractivity contribution < 1.29 is 31.0 Å². The molecule has 0 radical (unpaired) electrons. The van der Waals surface area contributed by atoms with Gasteiger partial charge in [-0.1, -0.05) is 0 Å². The fourth-order valence-electron chi connectivity index (χ4n) is 6.01. The van der Waals surface area contributed by atoms with Crippen LogP contribution >= 0.6 is 19.4 Å². The van der Waals surface area contributed by atoms with Gasteiger partial charge in [-0.15, -0.1) is 0 Å². The number of hydrogen-bond acceptors (Lipinski definition) is 6. The minimum absolute atomic E-state index is 0.103. The Balaban J connectivity index is 2.01. The Kier molecular flexibility index (Phi) is 10.9. The molecular formula is C35H43Cl2N3O4Ru. The molecule has 0 unspecified atom stereocenters. The van der Waals surface area contributed by atoms with E-state index in [1.54, 1.807) is 25.1 Å². The number of amides is 1. The SMILES string of the molecule is CCOC(=O)C(=O)Nc1ccc(OC(C)C)c([CH]=[Ru]([Cl])([Cl])=[C]2N(c3c(C)cc(C)cc3C)CCN2c2c(C)cc(C)cc2C)c1. The van der Waals surface area contributed by atoms with E-state index in [-0.39, 0.29) is 12.7 Å². The summed E-state index contributed by atoms with van der Waals surface area (Å²) in [7, 11) is 15.3. The molecule has 1 saturated heterocycles. The van der Waals surface area contributed by atoms with E-state index in [1.807, 2.05) is 18.5 Å². The first kappa shape index (κ1) is 34.8. The van der Waals surface area contributed by atoms with Crippen LogP contribution in [0.2, 0.25) is 0 Å². The average Bonchev–Trinajstić information content (AvgIpc) is 3.33. The van der Waals surface area contributed by atoms with Crippen molar-refractivity contribution in [2.24, 2.45) is 0 Å². The van der Waals surface area contributed by atoms with Crippen LogP contribution in [0, 0.1) is 41.5 Å². The molecule has 3 aromatic carbocycles. The second-order valence-corrected chi connectivity index (χ2v) is 20.9. The first-order chi connectivity index (χ1) is 21.1. The zero-order valence-electron chi connectivity index (χ0n) is 27.5. The number of aryl methyl sites for hydroxylation is 6. The molecule has 0 aromatic heterocycles. The van der Waals surface area contributed by atoms with E-state index in [0.29, 0.717) is 30.1 Å². The van der Waals surface area contributed by atoms with Crippen molar-refractivity contribution in [2.75, 3.05) is 34.8 Å². The van der Waals surface area contributed by atoms with Crippen LogP contribution in [-0.4, -0.2) is 46.6 Å². The molecule has 0 aliphatic carbocycles. The van der Waals surface area contributed by atoms with Gasteiger partial charge in [0.1, 0.15) is 0 Å². The van der Waals surface area contributed by atoms with Gasteiger partial charge in [-0.25, -0.2) is 0 Å². The van der Waals surface area contributed by atoms with Gasteiger partial charge in [0.25, 0.3) is 0 Å². The van der Waals surface area contributed by atoms with Crippen LogP contribution in [0.5, 0.6) is 5.75 Å². The summed E-state index contributed by atoms with van der Waals surface area (Å²) in [4.78, 5) is 29.1. The first-order valence-corrected chi connectivity index (χ1v) is 21.3. The summed E-state index contributed by atoms with van der Waals surface area (Å²) in [6.07, 6.45) is -0.120. The topological polar surface area (TPSA) is 71.1 Å². The molecule has 3 aromatic rings. The third kappa shape index (κ3) is 7.85. The summed E-state index contributed by atoms with van der Waals surface area (Å²) in [5.41, 5.74) is 10.3. The molecule has 0 atom stereocenters. The van der Waals surface area contributed by atoms with E-state index < -0.39 is 23.8 Å². The molecule has 1 aliphatic rings. The van der Waals surface area contributed by atoms with Crippen molar-refractivity contribution >= 4 is 57.3 Å². The third-order valence-corrected chi connectivity index (χ3v) is 12.8. The minimum atomic E-state index is -3.93. The predicted molar refractivity (Wildman–Crippen MR) is 185 cm³/mol. The van der Waals surface area contributed by atoms with Crippen molar-refractivity contribution in [1.82, 2.24) is 0 Å². The Morgan fingerprint density at radius 1 is 0.867 bits per heavy atom. The standard InChI is InChI=1S/C21H26N2.C14H17NO4.2ClH.Ru/c1-14-9-16(3)20(17(4)10-14)22-7-8-23(13-22)21-18(5)11-15(2)12-19(21)6;1-5-18-14(17)13(16)15-11-6-7-12(10(4)8-11)19-9(2)3;;;/h9-12H,7-8H2,1-6H3;4,6-9H,5H2,1-3H3,(H,15,16);2*1H;/q;;;;+2/p-2. The molecule has 4 rings (SSSR count). The second kappa shape index (κ2) is 14.2. The van der Waals surface area contributed by atoms with Crippen molar-refractivity contribution in [3.05, 3.63) is 81.4 Å². The van der Waals surface area contributed by atoms with Crippen molar-refractivity contribution in [3.63, 3.8) is 0 Å². The third-order valence-electron chi connectivity index (χ3n) is 7.33. The fourth-order valence-corrected chi connectivity index (χ4v) is 12.0. The van der Waals surface area contributed by atoms with Gasteiger partial charge < -0.3 is 0 Å². The molecule has 1 heterocycles. The summed E-state index contributed by atoms with van der Waals surface area (Å²) in [5.74, 6) is -1.24. The normalized spacial score (nSPS) is 13.7. The monoisotopic (exact) mass is 741 g/mol. The van der Waals surface area contributed by atoms with E-state index in [4.69, 9.17) is 28.9 Å². The Hall–Kier alpha value is -3.06. The van der Waals surface area contributed by atoms with E-state index >= 15 is 0 Å². The van der Waals surface area contributed by atoms with Gasteiger partial charge in [-0.3, -0.25) is 0 Å². The Morgan fingerprint density at radius 3 is 1.80 bits per heavy atom. The van der Waals surface area contributed by atoms with Crippen LogP contribution in [0.4, 0.5) is 17.1 Å². The van der Waals surface area contributed by atoms with Crippen LogP contribution in [0.3, 0.4) is 0 Å². The average molecular weight is 742 g/mol. The molecular weight excluding hydrogens is 698 g/mol. The van der Waals surface area contributed by atoms with Crippen LogP contribution in [0.15, 0.2) is 42.5 Å². The van der Waals surface area contributed by atoms with Gasteiger partial charge in [0.15, 0.2) is 0 Å². The number of hydrogen-bond donors (Lipinski definition) is 1. The van der Waals surface area contributed by atoms with Crippen molar-refractivity contribution in [3.8, 4) is 5.75 Å². The van der Waals surface area contributed by atoms with E-state index in [1.165, 1.54) is 11.1 Å². The number of esters is 1. The maximum atomic E-state index is 12.5. The molecule has 244 valence electrons. The number of benzene rings is 3. The molecule has 0 saturated carbocycles. The molecule has 45 heavy (non-hydrogen) atoms. The summed E-state index contributed by atoms with van der Waals surface area (Å²) < 4.78 is 13.8. The number of ether oxygens (including phenoxy) is 2. The predicted octanol–water partition coefficient (Wildman–Crippen LogP) is 7.55. The number of nitrogens with one attached hydrogen (secondary N) is 1. The Morgan fingerprint density at radius 2 is 1.36 bits per heavy atom. The van der Waals surface area contributed by atoms with Gasteiger partial charge in [0.05, 0.1) is 0 Å². The van der Waals surface area contributed by atoms with Gasteiger partial charge in [-0.05, 0) is 0 Å². The van der Waals surface area contributed by atoms with Crippen LogP contribution < -0.4 is 19.9 Å². The van der Waals surface area contributed by atoms with Gasteiger partial charge >= 0.3 is 279 Å². The maximum absolute atomic E-state index is 12.5. The molecule has 7 nitrogen and oxygen atoms in total. The van der Waals surface area contributed by atoms with Crippen LogP contribution in [-0.2, 0) is 26.2 Å². The number of rotatable bonds is 7. The van der Waals surface area contributed by atoms with E-state index in [2.05, 4.69) is 80.9 Å². The number of nitrogens with zero attached hydrogens (tertiary/aromatic N) is 2. The first-order valence-electron chi connectivity index (χ1n) is 15.0. The molecule has 1 N–H and O–H groups in total. The molecule has 10 heteroatoms. The Labute approximate surface area is 277 Å². The zero-order chi connectivity index (χ0) is 33.2. The summed E-state index contributed by atoms with van der Waals surface area (Å²) >= 11 is -3.93. The number of carbonyl (C=O) groups excluding carboxylic acids is 2. The summed E-state index contributed by atoms with van der Waals surface area (Å²) in [6.45, 7) is 19.8. The van der Waals surface area contributed by atoms with E-state index in [0.717, 1.165) is 38.0 Å². The number of anilines is 3. The van der Waals surface area contributed by atoms with Crippen LogP contribution in [0.25, 0.3) is 0 Å². The zero-order valence-corrected chi connectivity index (χ0v) is 30.7. The second-order valence-electron chi connectivity index (χ2n) is 11.7. The summed E-state index contributed by atoms with van der Waals surface area (Å²) in [5, 5.41) is 2.63. The van der Waals surface area contributed by atoms with Gasteiger partial charge in [0.2, 0.25) is 0 Å². The Bertz CT molecular complexity index is 1650. The van der Waals surface area contributed by atoms with E-state index in [9.17, 15) is 9.59 Å². The quantitative estimate of drug-likeness (QED) is 0.153. The van der Waals surface area contributed by atoms with Crippen molar-refractivity contribution in [1.29, 1.82) is 0 Å². The molecule has 1 fully saturated rings. The van der Waals surface area contributed by atoms with Gasteiger partial charge in [0, 0.05) is 0 Å². The molecule has 0 spiro atoms. The molecule has 0 bridgehead atoms. The summed E-state index contributed by atoms with van der Waals surface area (Å²) in [6, 6.07) is 13.9. The van der Waals surface area contributed by atoms with Gasteiger partial charge in [-0.2, -0.15) is 0 Å². The molecule has 1 aliphatic heterocycles. The number of carbonyl (C=O) groups is 2. The van der Waals surface area contributed by atoms with Crippen LogP contribution in [0.1, 0.15) is 59.7 Å². The fraction of sp³-hybridized carbons (Fsp3) is 0.371.